The molecule has 0 saturated carbocycles. The summed E-state index contributed by atoms with van der Waals surface area (Å²) in [4.78, 5) is 0. The van der Waals surface area contributed by atoms with Gasteiger partial charge in [-0.2, -0.15) is 0 Å². The Hall–Kier alpha value is -1.30. The van der Waals surface area contributed by atoms with E-state index < -0.39 is 0 Å². The van der Waals surface area contributed by atoms with Gasteiger partial charge in [-0.25, -0.2) is 0 Å². The van der Waals surface area contributed by atoms with E-state index >= 15 is 0 Å². The first-order valence-corrected chi connectivity index (χ1v) is 4.64. The van der Waals surface area contributed by atoms with Gasteiger partial charge in [0.2, 0.25) is 0 Å². The van der Waals surface area contributed by atoms with Crippen molar-refractivity contribution in [3.8, 4) is 0 Å². The van der Waals surface area contributed by atoms with Gasteiger partial charge in [-0.15, -0.1) is 0 Å². The van der Waals surface area contributed by atoms with Crippen LogP contribution in [0.25, 0.3) is 0 Å². The fourth-order valence-corrected chi connectivity index (χ4v) is 1.29. The third-order valence-electron chi connectivity index (χ3n) is 2.12. The quantitative estimate of drug-likeness (QED) is 0.609. The van der Waals surface area contributed by atoms with Crippen LogP contribution < -0.4 is 0 Å². The molecule has 1 aromatic rings. The number of aryl methyl sites for hydroxylation is 1. The molecule has 0 aliphatic heterocycles. The van der Waals surface area contributed by atoms with Crippen molar-refractivity contribution < 1.29 is 0 Å². The topological polar surface area (TPSA) is 0 Å². The van der Waals surface area contributed by atoms with Gasteiger partial charge in [-0.1, -0.05) is 56.0 Å². The zero-order valence-corrected chi connectivity index (χ0v) is 8.22. The minimum Gasteiger partial charge on any atom is -0.0988 e. The lowest BCUT2D eigenvalue weighted by atomic mass is 10.0. The maximum absolute atomic E-state index is 3.91. The first-order chi connectivity index (χ1) is 6.26. The Morgan fingerprint density at radius 2 is 2.08 bits per heavy atom. The van der Waals surface area contributed by atoms with Crippen LogP contribution in [0.2, 0.25) is 0 Å². The highest BCUT2D eigenvalue weighted by atomic mass is 14.0. The summed E-state index contributed by atoms with van der Waals surface area (Å²) in [5.74, 6) is 0. The van der Waals surface area contributed by atoms with Crippen LogP contribution in [0.5, 0.6) is 0 Å². The Bertz CT molecular complexity index is 308. The molecular formula is C13H16. The fraction of sp³-hybridized carbons (Fsp3) is 0.231. The lowest BCUT2D eigenvalue weighted by molar-refractivity contribution is 1.11. The van der Waals surface area contributed by atoms with E-state index in [1.54, 1.807) is 0 Å². The van der Waals surface area contributed by atoms with Crippen molar-refractivity contribution in [2.45, 2.75) is 19.8 Å². The molecule has 0 aliphatic rings. The van der Waals surface area contributed by atoms with Crippen LogP contribution in [0.4, 0.5) is 0 Å². The highest BCUT2D eigenvalue weighted by Gasteiger charge is 1.95. The Balaban J connectivity index is 2.77. The minimum absolute atomic E-state index is 0.914. The smallest absolute Gasteiger partial charge is 0.00318 e. The first-order valence-electron chi connectivity index (χ1n) is 4.64. The number of rotatable bonds is 4. The van der Waals surface area contributed by atoms with E-state index in [-0.39, 0.29) is 0 Å². The molecule has 0 unspecified atom stereocenters. The zero-order chi connectivity index (χ0) is 9.68. The average Bonchev–Trinajstić information content (AvgIpc) is 2.18. The van der Waals surface area contributed by atoms with E-state index in [1.165, 1.54) is 11.1 Å². The van der Waals surface area contributed by atoms with Crippen LogP contribution in [-0.4, -0.2) is 0 Å². The third kappa shape index (κ3) is 2.90. The normalized spacial score (nSPS) is 9.62. The molecule has 0 aromatic heterocycles. The van der Waals surface area contributed by atoms with Crippen LogP contribution in [0.15, 0.2) is 49.1 Å². The summed E-state index contributed by atoms with van der Waals surface area (Å²) < 4.78 is 0. The van der Waals surface area contributed by atoms with E-state index in [2.05, 4.69) is 44.3 Å². The molecule has 0 saturated heterocycles. The van der Waals surface area contributed by atoms with Gasteiger partial charge in [0.05, 0.1) is 0 Å². The molecule has 0 N–H and O–H groups in total. The van der Waals surface area contributed by atoms with E-state index in [0.717, 1.165) is 18.4 Å². The maximum atomic E-state index is 3.91. The molecule has 0 aliphatic carbocycles. The first kappa shape index (κ1) is 9.79. The number of hydrogen-bond donors (Lipinski definition) is 0. The van der Waals surface area contributed by atoms with Gasteiger partial charge in [0.25, 0.3) is 0 Å². The molecule has 0 spiro atoms. The van der Waals surface area contributed by atoms with Gasteiger partial charge in [-0.3, -0.25) is 0 Å². The zero-order valence-electron chi connectivity index (χ0n) is 8.22. The number of allylic oxidation sites excluding steroid dienone is 2. The van der Waals surface area contributed by atoms with E-state index in [1.807, 2.05) is 6.08 Å². The standard InChI is InChI=1S/C13H16/c1-4-11(3)9-13-8-6-7-12(5-2)10-13/h4,6-8,10H,1,3,5,9H2,2H3. The van der Waals surface area contributed by atoms with Crippen LogP contribution in [0.3, 0.4) is 0 Å². The summed E-state index contributed by atoms with van der Waals surface area (Å²) in [6.45, 7) is 9.77. The lowest BCUT2D eigenvalue weighted by Gasteiger charge is -2.03. The average molecular weight is 172 g/mol. The molecule has 68 valence electrons. The van der Waals surface area contributed by atoms with Gasteiger partial charge >= 0.3 is 0 Å². The second-order valence-electron chi connectivity index (χ2n) is 3.21. The molecule has 0 radical (unpaired) electrons. The predicted octanol–water partition coefficient (Wildman–Crippen LogP) is 3.53. The summed E-state index contributed by atoms with van der Waals surface area (Å²) in [5, 5.41) is 0. The molecule has 0 fully saturated rings. The van der Waals surface area contributed by atoms with Crippen molar-refractivity contribution in [1.82, 2.24) is 0 Å². The van der Waals surface area contributed by atoms with E-state index in [4.69, 9.17) is 0 Å². The van der Waals surface area contributed by atoms with Crippen LogP contribution in [-0.2, 0) is 12.8 Å². The van der Waals surface area contributed by atoms with Crippen LogP contribution >= 0.6 is 0 Å². The van der Waals surface area contributed by atoms with Crippen molar-refractivity contribution in [3.63, 3.8) is 0 Å². The number of hydrogen-bond acceptors (Lipinski definition) is 0. The van der Waals surface area contributed by atoms with Crippen molar-refractivity contribution in [3.05, 3.63) is 60.2 Å². The van der Waals surface area contributed by atoms with E-state index in [0.29, 0.717) is 0 Å². The molecule has 1 aromatic carbocycles. The van der Waals surface area contributed by atoms with Gasteiger partial charge in [0, 0.05) is 0 Å². The highest BCUT2D eigenvalue weighted by molar-refractivity contribution is 5.29. The van der Waals surface area contributed by atoms with Crippen molar-refractivity contribution >= 4 is 0 Å². The largest absolute Gasteiger partial charge is 0.0988 e. The molecule has 0 atom stereocenters. The third-order valence-corrected chi connectivity index (χ3v) is 2.12. The Morgan fingerprint density at radius 3 is 2.69 bits per heavy atom. The van der Waals surface area contributed by atoms with E-state index in [9.17, 15) is 0 Å². The van der Waals surface area contributed by atoms with Crippen molar-refractivity contribution in [2.24, 2.45) is 0 Å². The Kier molecular flexibility index (Phi) is 3.51. The Labute approximate surface area is 80.6 Å². The van der Waals surface area contributed by atoms with Crippen LogP contribution in [0.1, 0.15) is 18.1 Å². The van der Waals surface area contributed by atoms with Gasteiger partial charge < -0.3 is 0 Å². The molecule has 0 heterocycles. The molecule has 0 amide bonds. The highest BCUT2D eigenvalue weighted by Crippen LogP contribution is 2.10. The van der Waals surface area contributed by atoms with Gasteiger partial charge in [0.15, 0.2) is 0 Å². The minimum atomic E-state index is 0.914. The molecule has 0 bridgehead atoms. The molecule has 13 heavy (non-hydrogen) atoms. The summed E-state index contributed by atoms with van der Waals surface area (Å²) in [7, 11) is 0. The molecule has 0 nitrogen and oxygen atoms in total. The van der Waals surface area contributed by atoms with Crippen molar-refractivity contribution in [2.75, 3.05) is 0 Å². The fourth-order valence-electron chi connectivity index (χ4n) is 1.29. The summed E-state index contributed by atoms with van der Waals surface area (Å²) in [5.41, 5.74) is 3.78. The molecular weight excluding hydrogens is 156 g/mol. The Morgan fingerprint density at radius 1 is 1.38 bits per heavy atom. The van der Waals surface area contributed by atoms with Crippen molar-refractivity contribution in [1.29, 1.82) is 0 Å². The second kappa shape index (κ2) is 4.66. The summed E-state index contributed by atoms with van der Waals surface area (Å²) in [6, 6.07) is 8.62. The predicted molar refractivity (Wildman–Crippen MR) is 58.9 cm³/mol. The van der Waals surface area contributed by atoms with Gasteiger partial charge in [0.1, 0.15) is 0 Å². The van der Waals surface area contributed by atoms with Gasteiger partial charge in [-0.05, 0) is 24.0 Å². The maximum Gasteiger partial charge on any atom is -0.00318 e. The SMILES string of the molecule is C=CC(=C)Cc1cccc(CC)c1. The molecule has 0 heteroatoms. The number of benzene rings is 1. The lowest BCUT2D eigenvalue weighted by Crippen LogP contribution is -1.88. The van der Waals surface area contributed by atoms with Crippen LogP contribution in [0, 0.1) is 0 Å². The monoisotopic (exact) mass is 172 g/mol. The molecule has 1 rings (SSSR count). The summed E-state index contributed by atoms with van der Waals surface area (Å²) >= 11 is 0. The second-order valence-corrected chi connectivity index (χ2v) is 3.21. The summed E-state index contributed by atoms with van der Waals surface area (Å²) in [6.07, 6.45) is 3.82.